The summed E-state index contributed by atoms with van der Waals surface area (Å²) in [5, 5.41) is 0.849. The summed E-state index contributed by atoms with van der Waals surface area (Å²) in [6.07, 6.45) is 3.43. The molecule has 1 aromatic rings. The number of carbonyl (C=O) groups is 1. The zero-order valence-electron chi connectivity index (χ0n) is 7.38. The number of nitrogens with zero attached hydrogens (tertiary/aromatic N) is 2. The van der Waals surface area contributed by atoms with Gasteiger partial charge in [-0.25, -0.2) is 0 Å². The van der Waals surface area contributed by atoms with E-state index in [1.54, 1.807) is 24.2 Å². The highest BCUT2D eigenvalue weighted by Crippen LogP contribution is 2.22. The average molecular weight is 207 g/mol. The highest BCUT2D eigenvalue weighted by atomic mass is 32.2. The van der Waals surface area contributed by atoms with Crippen molar-refractivity contribution in [1.82, 2.24) is 4.98 Å². The number of hydrogen-bond acceptors (Lipinski definition) is 4. The topological polar surface area (TPSA) is 68.3 Å². The van der Waals surface area contributed by atoms with Gasteiger partial charge < -0.3 is 5.73 Å². The van der Waals surface area contributed by atoms with Crippen LogP contribution in [0.3, 0.4) is 0 Å². The molecule has 4 nitrogen and oxygen atoms in total. The van der Waals surface area contributed by atoms with E-state index in [2.05, 4.69) is 9.98 Å². The standard InChI is InChI=1S/C9H9N3OS/c10-8(13)7-5-14-9(12-7)6-2-1-3-11-4-6/h1-4,7H,5H2,(H2,10,13). The number of hydrogen-bond donors (Lipinski definition) is 1. The smallest absolute Gasteiger partial charge is 0.243 e. The quantitative estimate of drug-likeness (QED) is 0.764. The third kappa shape index (κ3) is 1.77. The molecule has 0 aliphatic carbocycles. The van der Waals surface area contributed by atoms with Crippen LogP contribution in [0.4, 0.5) is 0 Å². The Bertz CT molecular complexity index is 377. The molecule has 2 heterocycles. The van der Waals surface area contributed by atoms with Gasteiger partial charge in [-0.2, -0.15) is 0 Å². The maximum atomic E-state index is 10.9. The minimum absolute atomic E-state index is 0.364. The number of carbonyl (C=O) groups excluding carboxylic acids is 1. The summed E-state index contributed by atoms with van der Waals surface area (Å²) in [5.41, 5.74) is 6.11. The van der Waals surface area contributed by atoms with E-state index in [4.69, 9.17) is 5.73 Å². The Morgan fingerprint density at radius 3 is 3.07 bits per heavy atom. The number of aliphatic imine (C=N–C) groups is 1. The predicted octanol–water partition coefficient (Wildman–Crippen LogP) is 0.429. The van der Waals surface area contributed by atoms with Gasteiger partial charge in [0.1, 0.15) is 11.1 Å². The predicted molar refractivity (Wildman–Crippen MR) is 56.2 cm³/mol. The molecule has 72 valence electrons. The van der Waals surface area contributed by atoms with Gasteiger partial charge in [-0.1, -0.05) is 0 Å². The van der Waals surface area contributed by atoms with Gasteiger partial charge in [-0.3, -0.25) is 14.8 Å². The van der Waals surface area contributed by atoms with E-state index in [0.717, 1.165) is 10.6 Å². The molecule has 1 aliphatic heterocycles. The Hall–Kier alpha value is -1.36. The van der Waals surface area contributed by atoms with E-state index in [-0.39, 0.29) is 11.9 Å². The average Bonchev–Trinajstić information content (AvgIpc) is 2.68. The second-order valence-electron chi connectivity index (χ2n) is 2.91. The minimum atomic E-state index is -0.379. The van der Waals surface area contributed by atoms with Crippen LogP contribution in [0.5, 0.6) is 0 Å². The summed E-state index contributed by atoms with van der Waals surface area (Å²) in [6, 6.07) is 3.38. The van der Waals surface area contributed by atoms with Crippen molar-refractivity contribution in [2.45, 2.75) is 6.04 Å². The molecule has 0 bridgehead atoms. The molecule has 14 heavy (non-hydrogen) atoms. The lowest BCUT2D eigenvalue weighted by Gasteiger charge is -1.96. The van der Waals surface area contributed by atoms with Crippen molar-refractivity contribution in [2.75, 3.05) is 5.75 Å². The van der Waals surface area contributed by atoms with E-state index in [1.807, 2.05) is 12.1 Å². The lowest BCUT2D eigenvalue weighted by Crippen LogP contribution is -2.26. The minimum Gasteiger partial charge on any atom is -0.368 e. The van der Waals surface area contributed by atoms with Crippen molar-refractivity contribution >= 4 is 22.7 Å². The van der Waals surface area contributed by atoms with Gasteiger partial charge in [0.05, 0.1) is 0 Å². The normalized spacial score (nSPS) is 20.6. The van der Waals surface area contributed by atoms with E-state index in [1.165, 1.54) is 0 Å². The van der Waals surface area contributed by atoms with Crippen molar-refractivity contribution in [3.63, 3.8) is 0 Å². The maximum Gasteiger partial charge on any atom is 0.243 e. The number of primary amides is 1. The number of pyridine rings is 1. The van der Waals surface area contributed by atoms with Crippen LogP contribution in [-0.4, -0.2) is 27.7 Å². The van der Waals surface area contributed by atoms with Crippen molar-refractivity contribution in [2.24, 2.45) is 10.7 Å². The third-order valence-electron chi connectivity index (χ3n) is 1.89. The van der Waals surface area contributed by atoms with E-state index in [0.29, 0.717) is 5.75 Å². The number of amides is 1. The Kier molecular flexibility index (Phi) is 2.49. The zero-order chi connectivity index (χ0) is 9.97. The Morgan fingerprint density at radius 1 is 1.64 bits per heavy atom. The van der Waals surface area contributed by atoms with Crippen molar-refractivity contribution in [1.29, 1.82) is 0 Å². The highest BCUT2D eigenvalue weighted by Gasteiger charge is 2.23. The summed E-state index contributed by atoms with van der Waals surface area (Å²) in [6.45, 7) is 0. The van der Waals surface area contributed by atoms with Crippen LogP contribution in [0.25, 0.3) is 0 Å². The fraction of sp³-hybridized carbons (Fsp3) is 0.222. The molecule has 2 N–H and O–H groups in total. The van der Waals surface area contributed by atoms with Gasteiger partial charge in [-0.05, 0) is 12.1 Å². The number of thioether (sulfide) groups is 1. The lowest BCUT2D eigenvalue weighted by atomic mass is 10.3. The first-order chi connectivity index (χ1) is 6.77. The third-order valence-corrected chi connectivity index (χ3v) is 2.98. The summed E-state index contributed by atoms with van der Waals surface area (Å²) in [5.74, 6) is 0.274. The monoisotopic (exact) mass is 207 g/mol. The first kappa shape index (κ1) is 9.21. The van der Waals surface area contributed by atoms with Crippen LogP contribution in [0.2, 0.25) is 0 Å². The largest absolute Gasteiger partial charge is 0.368 e. The molecule has 1 aliphatic rings. The number of nitrogens with two attached hydrogens (primary N) is 1. The Labute approximate surface area is 85.6 Å². The maximum absolute atomic E-state index is 10.9. The molecule has 0 fully saturated rings. The molecule has 0 saturated carbocycles. The molecule has 0 radical (unpaired) electrons. The lowest BCUT2D eigenvalue weighted by molar-refractivity contribution is -0.118. The molecule has 1 aromatic heterocycles. The first-order valence-electron chi connectivity index (χ1n) is 4.17. The summed E-state index contributed by atoms with van der Waals surface area (Å²) < 4.78 is 0. The molecule has 5 heteroatoms. The van der Waals surface area contributed by atoms with Gasteiger partial charge in [0.15, 0.2) is 0 Å². The molecule has 1 unspecified atom stereocenters. The second-order valence-corrected chi connectivity index (χ2v) is 3.91. The molecule has 2 rings (SSSR count). The Morgan fingerprint density at radius 2 is 2.50 bits per heavy atom. The van der Waals surface area contributed by atoms with Gasteiger partial charge in [0.2, 0.25) is 5.91 Å². The van der Waals surface area contributed by atoms with Crippen LogP contribution >= 0.6 is 11.8 Å². The molecular weight excluding hydrogens is 198 g/mol. The second kappa shape index (κ2) is 3.79. The number of aromatic nitrogens is 1. The fourth-order valence-electron chi connectivity index (χ4n) is 1.17. The van der Waals surface area contributed by atoms with Crippen LogP contribution in [0.15, 0.2) is 29.5 Å². The highest BCUT2D eigenvalue weighted by molar-refractivity contribution is 8.14. The van der Waals surface area contributed by atoms with Gasteiger partial charge in [0, 0.05) is 23.7 Å². The van der Waals surface area contributed by atoms with Gasteiger partial charge in [0.25, 0.3) is 0 Å². The van der Waals surface area contributed by atoms with Crippen LogP contribution in [0, 0.1) is 0 Å². The van der Waals surface area contributed by atoms with Crippen molar-refractivity contribution < 1.29 is 4.79 Å². The fourth-order valence-corrected chi connectivity index (χ4v) is 2.21. The SMILES string of the molecule is NC(=O)C1CSC(c2cccnc2)=N1. The van der Waals surface area contributed by atoms with Crippen molar-refractivity contribution in [3.05, 3.63) is 30.1 Å². The number of rotatable bonds is 2. The summed E-state index contributed by atoms with van der Waals surface area (Å²) in [4.78, 5) is 19.1. The van der Waals surface area contributed by atoms with Crippen molar-refractivity contribution in [3.8, 4) is 0 Å². The molecule has 1 amide bonds. The molecule has 1 atom stereocenters. The van der Waals surface area contributed by atoms with E-state index in [9.17, 15) is 4.79 Å². The summed E-state index contributed by atoms with van der Waals surface area (Å²) >= 11 is 1.54. The summed E-state index contributed by atoms with van der Waals surface area (Å²) in [7, 11) is 0. The van der Waals surface area contributed by atoms with Gasteiger partial charge >= 0.3 is 0 Å². The van der Waals surface area contributed by atoms with Gasteiger partial charge in [-0.15, -0.1) is 11.8 Å². The first-order valence-corrected chi connectivity index (χ1v) is 5.16. The van der Waals surface area contributed by atoms with E-state index >= 15 is 0 Å². The van der Waals surface area contributed by atoms with Crippen LogP contribution < -0.4 is 5.73 Å². The van der Waals surface area contributed by atoms with Crippen LogP contribution in [0.1, 0.15) is 5.56 Å². The zero-order valence-corrected chi connectivity index (χ0v) is 8.20. The molecule has 0 aromatic carbocycles. The Balaban J connectivity index is 2.22. The molecule has 0 spiro atoms. The molecule has 0 saturated heterocycles. The van der Waals surface area contributed by atoms with Crippen LogP contribution in [-0.2, 0) is 4.79 Å². The molecular formula is C9H9N3OS. The van der Waals surface area contributed by atoms with E-state index < -0.39 is 0 Å².